The number of carbonyl (C=O) groups excluding carboxylic acids is 3. The van der Waals surface area contributed by atoms with Crippen molar-refractivity contribution in [2.45, 2.75) is 38.6 Å². The van der Waals surface area contributed by atoms with Gasteiger partial charge in [0, 0.05) is 30.6 Å². The lowest BCUT2D eigenvalue weighted by Gasteiger charge is -2.34. The minimum atomic E-state index is -1.73. The van der Waals surface area contributed by atoms with Crippen molar-refractivity contribution in [3.63, 3.8) is 0 Å². The van der Waals surface area contributed by atoms with Gasteiger partial charge in [-0.2, -0.15) is 0 Å². The number of ether oxygens (including phenoxy) is 1. The molecule has 206 valence electrons. The Balaban J connectivity index is 1.94. The van der Waals surface area contributed by atoms with Gasteiger partial charge in [-0.25, -0.2) is 0 Å². The number of anilines is 1. The number of carbonyl (C=O) groups is 3. The van der Waals surface area contributed by atoms with Gasteiger partial charge in [0.2, 0.25) is 0 Å². The largest absolute Gasteiger partial charge is 0.507 e. The normalized spacial score (nSPS) is 19.9. The molecule has 2 amide bonds. The van der Waals surface area contributed by atoms with Crippen molar-refractivity contribution in [3.05, 3.63) is 77.4 Å². The van der Waals surface area contributed by atoms with Crippen LogP contribution in [0.15, 0.2) is 60.7 Å². The number of hydrogen-bond donors (Lipinski definition) is 2. The molecule has 0 bridgehead atoms. The summed E-state index contributed by atoms with van der Waals surface area (Å²) in [5.41, 5.74) is 0.381. The van der Waals surface area contributed by atoms with E-state index in [1.165, 1.54) is 9.80 Å². The van der Waals surface area contributed by atoms with Crippen molar-refractivity contribution in [2.75, 3.05) is 45.2 Å². The monoisotopic (exact) mass is 532 g/mol. The van der Waals surface area contributed by atoms with Gasteiger partial charge in [0.1, 0.15) is 18.1 Å². The molecule has 2 N–H and O–H groups in total. The number of rotatable bonds is 11. The molecule has 2 aromatic carbocycles. The Morgan fingerprint density at radius 2 is 1.85 bits per heavy atom. The number of aliphatic hydroxyl groups excluding tert-OH is 1. The Morgan fingerprint density at radius 1 is 1.10 bits per heavy atom. The van der Waals surface area contributed by atoms with Crippen molar-refractivity contribution in [2.24, 2.45) is 0 Å². The third kappa shape index (κ3) is 4.74. The molecular formula is C31H38N3O5+. The zero-order chi connectivity index (χ0) is 28.3. The van der Waals surface area contributed by atoms with Crippen LogP contribution in [-0.2, 0) is 19.9 Å². The number of Topliss-reactive ketones (excluding diaryl/α,β-unsaturated/α-hetero) is 1. The van der Waals surface area contributed by atoms with Gasteiger partial charge in [-0.1, -0.05) is 44.2 Å². The summed E-state index contributed by atoms with van der Waals surface area (Å²) in [5.74, 6) is -1.75. The quantitative estimate of drug-likeness (QED) is 0.201. The fourth-order valence-corrected chi connectivity index (χ4v) is 5.55. The van der Waals surface area contributed by atoms with E-state index in [0.29, 0.717) is 42.1 Å². The fourth-order valence-electron chi connectivity index (χ4n) is 5.55. The Bertz CT molecular complexity index is 1330. The third-order valence-corrected chi connectivity index (χ3v) is 7.41. The van der Waals surface area contributed by atoms with Crippen LogP contribution in [-0.4, -0.2) is 67.9 Å². The topological polar surface area (TPSA) is 91.6 Å². The van der Waals surface area contributed by atoms with E-state index in [-0.39, 0.29) is 23.8 Å². The summed E-state index contributed by atoms with van der Waals surface area (Å²) in [6.45, 7) is 9.28. The summed E-state index contributed by atoms with van der Waals surface area (Å²) in [5, 5.41) is 11.7. The van der Waals surface area contributed by atoms with E-state index in [1.54, 1.807) is 41.3 Å². The first-order valence-corrected chi connectivity index (χ1v) is 13.5. The average molecular weight is 533 g/mol. The minimum Gasteiger partial charge on any atom is -0.507 e. The molecule has 8 heteroatoms. The van der Waals surface area contributed by atoms with Crippen LogP contribution in [0.4, 0.5) is 5.69 Å². The molecular weight excluding hydrogens is 494 g/mol. The summed E-state index contributed by atoms with van der Waals surface area (Å²) in [4.78, 5) is 46.1. The minimum absolute atomic E-state index is 0.180. The summed E-state index contributed by atoms with van der Waals surface area (Å²) < 4.78 is 5.67. The van der Waals surface area contributed by atoms with E-state index in [1.807, 2.05) is 40.1 Å². The maximum atomic E-state index is 14.5. The molecule has 0 aliphatic carbocycles. The molecule has 2 heterocycles. The van der Waals surface area contributed by atoms with E-state index in [2.05, 4.69) is 6.58 Å². The van der Waals surface area contributed by atoms with Gasteiger partial charge in [-0.15, -0.1) is 0 Å². The van der Waals surface area contributed by atoms with E-state index in [0.717, 1.165) is 24.9 Å². The van der Waals surface area contributed by atoms with Gasteiger partial charge < -0.3 is 24.5 Å². The highest BCUT2D eigenvalue weighted by Crippen LogP contribution is 2.53. The van der Waals surface area contributed by atoms with Crippen LogP contribution in [0, 0.1) is 6.92 Å². The number of benzene rings is 2. The zero-order valence-corrected chi connectivity index (χ0v) is 23.3. The molecule has 0 saturated carbocycles. The third-order valence-electron chi connectivity index (χ3n) is 7.41. The number of unbranched alkanes of at least 4 members (excludes halogenated alkanes) is 1. The Labute approximate surface area is 230 Å². The Kier molecular flexibility index (Phi) is 8.25. The number of aliphatic hydroxyl groups is 1. The second-order valence-electron chi connectivity index (χ2n) is 10.4. The molecule has 2 aromatic rings. The van der Waals surface area contributed by atoms with Crippen LogP contribution in [0.1, 0.15) is 42.9 Å². The highest BCUT2D eigenvalue weighted by Gasteiger charge is 2.66. The van der Waals surface area contributed by atoms with Crippen molar-refractivity contribution < 1.29 is 29.1 Å². The van der Waals surface area contributed by atoms with Crippen LogP contribution < -0.4 is 14.5 Å². The molecule has 8 nitrogen and oxygen atoms in total. The average Bonchev–Trinajstić information content (AvgIpc) is 3.29. The number of amides is 2. The molecule has 0 aromatic heterocycles. The van der Waals surface area contributed by atoms with Crippen molar-refractivity contribution in [3.8, 4) is 5.75 Å². The number of aryl methyl sites for hydroxylation is 1. The number of ketones is 1. The van der Waals surface area contributed by atoms with Crippen LogP contribution in [0.5, 0.6) is 5.75 Å². The first-order chi connectivity index (χ1) is 18.7. The van der Waals surface area contributed by atoms with Gasteiger partial charge in [-0.3, -0.25) is 14.4 Å². The summed E-state index contributed by atoms with van der Waals surface area (Å²) in [6, 6.07) is 12.3. The zero-order valence-electron chi connectivity index (χ0n) is 23.3. The highest BCUT2D eigenvalue weighted by molar-refractivity contribution is 6.50. The molecule has 4 rings (SSSR count). The van der Waals surface area contributed by atoms with Gasteiger partial charge >= 0.3 is 0 Å². The predicted molar refractivity (Wildman–Crippen MR) is 151 cm³/mol. The number of fused-ring (bicyclic) bond motifs is 2. The van der Waals surface area contributed by atoms with E-state index < -0.39 is 17.2 Å². The van der Waals surface area contributed by atoms with Crippen LogP contribution >= 0.6 is 0 Å². The lowest BCUT2D eigenvalue weighted by atomic mass is 9.81. The number of para-hydroxylation sites is 1. The lowest BCUT2D eigenvalue weighted by molar-refractivity contribution is -0.858. The number of quaternary nitrogens is 1. The number of hydrogen-bond acceptors (Lipinski definition) is 5. The second-order valence-corrected chi connectivity index (χ2v) is 10.4. The molecule has 1 saturated heterocycles. The molecule has 1 unspecified atom stereocenters. The summed E-state index contributed by atoms with van der Waals surface area (Å²) >= 11 is 0. The molecule has 2 aliphatic rings. The van der Waals surface area contributed by atoms with Gasteiger partial charge in [0.15, 0.2) is 5.54 Å². The molecule has 2 aliphatic heterocycles. The summed E-state index contributed by atoms with van der Waals surface area (Å²) in [6.07, 6.45) is 3.87. The number of nitrogens with zero attached hydrogens (tertiary/aromatic N) is 2. The number of likely N-dealkylation sites (tertiary alicyclic amines) is 1. The van der Waals surface area contributed by atoms with Crippen LogP contribution in [0.25, 0.3) is 5.76 Å². The van der Waals surface area contributed by atoms with Crippen LogP contribution in [0.2, 0.25) is 0 Å². The maximum Gasteiger partial charge on any atom is 0.296 e. The Hall–Kier alpha value is -3.91. The van der Waals surface area contributed by atoms with Crippen molar-refractivity contribution in [1.82, 2.24) is 4.90 Å². The Morgan fingerprint density at radius 3 is 2.51 bits per heavy atom. The van der Waals surface area contributed by atoms with Crippen molar-refractivity contribution in [1.29, 1.82) is 0 Å². The van der Waals surface area contributed by atoms with Gasteiger partial charge in [0.25, 0.3) is 17.6 Å². The second kappa shape index (κ2) is 11.5. The molecule has 1 spiro atoms. The maximum absolute atomic E-state index is 14.5. The first kappa shape index (κ1) is 28.1. The van der Waals surface area contributed by atoms with E-state index in [9.17, 15) is 19.5 Å². The van der Waals surface area contributed by atoms with Crippen LogP contribution in [0.3, 0.4) is 0 Å². The predicted octanol–water partition coefficient (Wildman–Crippen LogP) is 2.82. The van der Waals surface area contributed by atoms with Gasteiger partial charge in [-0.05, 0) is 43.2 Å². The lowest BCUT2D eigenvalue weighted by Crippen LogP contribution is -3.05. The number of nitrogens with one attached hydrogen (secondary N) is 1. The SMILES string of the molecule is C=CCOc1ccc(C(O)=C2C(=O)C(=O)N(CCC[NH+](C)C)C23C(=O)N(CCCC)c2ccccc23)cc1C. The van der Waals surface area contributed by atoms with E-state index >= 15 is 0 Å². The van der Waals surface area contributed by atoms with Crippen molar-refractivity contribution >= 4 is 29.0 Å². The molecule has 0 radical (unpaired) electrons. The molecule has 1 fully saturated rings. The molecule has 39 heavy (non-hydrogen) atoms. The first-order valence-electron chi connectivity index (χ1n) is 13.5. The summed E-state index contributed by atoms with van der Waals surface area (Å²) in [7, 11) is 4.02. The van der Waals surface area contributed by atoms with E-state index in [4.69, 9.17) is 4.74 Å². The fraction of sp³-hybridized carbons (Fsp3) is 0.387. The molecule has 1 atom stereocenters. The highest BCUT2D eigenvalue weighted by atomic mass is 16.5. The smallest absolute Gasteiger partial charge is 0.296 e. The van der Waals surface area contributed by atoms with Gasteiger partial charge in [0.05, 0.1) is 31.9 Å². The standard InChI is InChI=1S/C31H37N3O5/c1-6-8-17-33-24-13-10-9-12-23(24)31(30(33)38)26(28(36)29(37)34(31)18-11-16-32(4)5)27(35)22-14-15-25(21(3)20-22)39-19-7-2/h7,9-10,12-15,20,35H,2,6,8,11,16-19H2,1,3-5H3/p+1.